The van der Waals surface area contributed by atoms with Crippen molar-refractivity contribution in [1.29, 1.82) is 0 Å². The van der Waals surface area contributed by atoms with Gasteiger partial charge in [-0.05, 0) is 24.6 Å². The Morgan fingerprint density at radius 3 is 2.60 bits per heavy atom. The number of nitro benzene ring substituents is 1. The molecule has 3 rings (SSSR count). The number of nitrogens with one attached hydrogen (secondary N) is 2. The average Bonchev–Trinajstić information content (AvgIpc) is 2.70. The average molecular weight is 411 g/mol. The molecule has 0 fully saturated rings. The minimum Gasteiger partial charge on any atom is -0.484 e. The van der Waals surface area contributed by atoms with Gasteiger partial charge in [-0.3, -0.25) is 30.6 Å². The van der Waals surface area contributed by atoms with Crippen LogP contribution in [0.4, 0.5) is 5.69 Å². The minimum absolute atomic E-state index is 0.180. The number of carbonyl (C=O) groups is 2. The van der Waals surface area contributed by atoms with E-state index in [0.717, 1.165) is 10.9 Å². The molecule has 1 heterocycles. The second-order valence-electron chi connectivity index (χ2n) is 6.35. The maximum atomic E-state index is 11.9. The van der Waals surface area contributed by atoms with E-state index in [1.54, 1.807) is 25.1 Å². The van der Waals surface area contributed by atoms with Crippen molar-refractivity contribution in [3.63, 3.8) is 0 Å². The number of nitro groups is 1. The summed E-state index contributed by atoms with van der Waals surface area (Å²) >= 11 is 0. The van der Waals surface area contributed by atoms with Crippen molar-refractivity contribution in [3.05, 3.63) is 80.2 Å². The zero-order valence-corrected chi connectivity index (χ0v) is 15.8. The smallest absolute Gasteiger partial charge is 0.336 e. The number of fused-ring (bicyclic) bond motifs is 1. The molecular formula is C20H17N3O7. The van der Waals surface area contributed by atoms with Crippen LogP contribution in [0.3, 0.4) is 0 Å². The summed E-state index contributed by atoms with van der Waals surface area (Å²) in [5.74, 6) is -0.963. The Morgan fingerprint density at radius 2 is 1.83 bits per heavy atom. The number of para-hydroxylation sites is 1. The van der Waals surface area contributed by atoms with Crippen LogP contribution >= 0.6 is 0 Å². The minimum atomic E-state index is -0.642. The van der Waals surface area contributed by atoms with Gasteiger partial charge in [0.1, 0.15) is 11.3 Å². The maximum Gasteiger partial charge on any atom is 0.336 e. The molecule has 0 aliphatic rings. The lowest BCUT2D eigenvalue weighted by Gasteiger charge is -2.09. The van der Waals surface area contributed by atoms with Crippen molar-refractivity contribution in [1.82, 2.24) is 10.9 Å². The highest BCUT2D eigenvalue weighted by atomic mass is 16.6. The lowest BCUT2D eigenvalue weighted by atomic mass is 10.1. The molecule has 10 nitrogen and oxygen atoms in total. The molecule has 0 radical (unpaired) electrons. The summed E-state index contributed by atoms with van der Waals surface area (Å²) < 4.78 is 10.5. The third kappa shape index (κ3) is 4.98. The van der Waals surface area contributed by atoms with Gasteiger partial charge in [-0.1, -0.05) is 18.2 Å². The SMILES string of the molecule is Cc1cc(=O)oc2cc(OCC(=O)NNC(=O)Cc3ccccc3[N+](=O)[O-])ccc12. The zero-order chi connectivity index (χ0) is 21.7. The van der Waals surface area contributed by atoms with Crippen molar-refractivity contribution in [3.8, 4) is 5.75 Å². The lowest BCUT2D eigenvalue weighted by Crippen LogP contribution is -2.44. The van der Waals surface area contributed by atoms with E-state index in [2.05, 4.69) is 10.9 Å². The molecule has 0 spiro atoms. The molecule has 3 aromatic rings. The maximum absolute atomic E-state index is 11.9. The summed E-state index contributed by atoms with van der Waals surface area (Å²) in [5, 5.41) is 11.7. The Bertz CT molecular complexity index is 1190. The number of benzene rings is 2. The van der Waals surface area contributed by atoms with Crippen molar-refractivity contribution in [2.24, 2.45) is 0 Å². The predicted molar refractivity (Wildman–Crippen MR) is 106 cm³/mol. The first-order valence-corrected chi connectivity index (χ1v) is 8.81. The molecule has 0 saturated heterocycles. The molecule has 0 atom stereocenters. The molecule has 1 aromatic heterocycles. The summed E-state index contributed by atoms with van der Waals surface area (Å²) in [4.78, 5) is 45.7. The number of hydrogen-bond donors (Lipinski definition) is 2. The third-order valence-corrected chi connectivity index (χ3v) is 4.17. The van der Waals surface area contributed by atoms with Crippen molar-refractivity contribution >= 4 is 28.5 Å². The summed E-state index contributed by atoms with van der Waals surface area (Å²) in [6.07, 6.45) is -0.276. The first kappa shape index (κ1) is 20.5. The molecule has 0 aliphatic heterocycles. The van der Waals surface area contributed by atoms with Crippen LogP contribution in [-0.4, -0.2) is 23.3 Å². The molecule has 2 amide bonds. The van der Waals surface area contributed by atoms with Gasteiger partial charge in [0.05, 0.1) is 11.3 Å². The second-order valence-corrected chi connectivity index (χ2v) is 6.35. The molecule has 0 aliphatic carbocycles. The third-order valence-electron chi connectivity index (χ3n) is 4.17. The number of nitrogens with zero attached hydrogens (tertiary/aromatic N) is 1. The Morgan fingerprint density at radius 1 is 1.10 bits per heavy atom. The van der Waals surface area contributed by atoms with Crippen molar-refractivity contribution < 1.29 is 23.7 Å². The predicted octanol–water partition coefficient (Wildman–Crippen LogP) is 1.78. The van der Waals surface area contributed by atoms with E-state index in [4.69, 9.17) is 9.15 Å². The summed E-state index contributed by atoms with van der Waals surface area (Å²) in [6, 6.07) is 12.0. The summed E-state index contributed by atoms with van der Waals surface area (Å²) in [6.45, 7) is 1.37. The topological polar surface area (TPSA) is 141 Å². The van der Waals surface area contributed by atoms with Gasteiger partial charge in [0.25, 0.3) is 11.6 Å². The van der Waals surface area contributed by atoms with Crippen LogP contribution in [0.1, 0.15) is 11.1 Å². The highest BCUT2D eigenvalue weighted by Gasteiger charge is 2.16. The number of aryl methyl sites for hydroxylation is 1. The van der Waals surface area contributed by atoms with E-state index in [1.807, 2.05) is 0 Å². The van der Waals surface area contributed by atoms with Crippen LogP contribution in [0.2, 0.25) is 0 Å². The second kappa shape index (κ2) is 8.86. The molecule has 2 N–H and O–H groups in total. The first-order chi connectivity index (χ1) is 14.3. The fourth-order valence-corrected chi connectivity index (χ4v) is 2.78. The number of ether oxygens (including phenoxy) is 1. The van der Waals surface area contributed by atoms with Gasteiger partial charge in [0, 0.05) is 29.1 Å². The molecular weight excluding hydrogens is 394 g/mol. The number of hydrogen-bond acceptors (Lipinski definition) is 7. The van der Waals surface area contributed by atoms with Gasteiger partial charge in [-0.2, -0.15) is 0 Å². The molecule has 2 aromatic carbocycles. The zero-order valence-electron chi connectivity index (χ0n) is 15.8. The van der Waals surface area contributed by atoms with Crippen LogP contribution < -0.4 is 21.2 Å². The van der Waals surface area contributed by atoms with Gasteiger partial charge in [0.15, 0.2) is 6.61 Å². The quantitative estimate of drug-likeness (QED) is 0.358. The largest absolute Gasteiger partial charge is 0.484 e. The molecule has 154 valence electrons. The van der Waals surface area contributed by atoms with Crippen molar-refractivity contribution in [2.75, 3.05) is 6.61 Å². The Hall–Kier alpha value is -4.21. The van der Waals surface area contributed by atoms with E-state index < -0.39 is 29.0 Å². The van der Waals surface area contributed by atoms with Crippen LogP contribution in [0.5, 0.6) is 5.75 Å². The normalized spacial score (nSPS) is 10.4. The van der Waals surface area contributed by atoms with E-state index in [9.17, 15) is 24.5 Å². The van der Waals surface area contributed by atoms with E-state index in [0.29, 0.717) is 11.3 Å². The van der Waals surface area contributed by atoms with Gasteiger partial charge in [-0.25, -0.2) is 4.79 Å². The summed E-state index contributed by atoms with van der Waals surface area (Å²) in [7, 11) is 0. The molecule has 30 heavy (non-hydrogen) atoms. The standard InChI is InChI=1S/C20H17N3O7/c1-12-8-20(26)30-17-10-14(6-7-15(12)17)29-11-19(25)22-21-18(24)9-13-4-2-3-5-16(13)23(27)28/h2-8,10H,9,11H2,1H3,(H,21,24)(H,22,25). The van der Waals surface area contributed by atoms with Crippen LogP contribution in [0.15, 0.2) is 57.7 Å². The monoisotopic (exact) mass is 411 g/mol. The Kier molecular flexibility index (Phi) is 6.06. The van der Waals surface area contributed by atoms with Crippen LogP contribution in [0, 0.1) is 17.0 Å². The molecule has 0 unspecified atom stereocenters. The van der Waals surface area contributed by atoms with Gasteiger partial charge in [-0.15, -0.1) is 0 Å². The van der Waals surface area contributed by atoms with E-state index >= 15 is 0 Å². The van der Waals surface area contributed by atoms with E-state index in [1.165, 1.54) is 30.3 Å². The van der Waals surface area contributed by atoms with Crippen LogP contribution in [-0.2, 0) is 16.0 Å². The molecule has 10 heteroatoms. The van der Waals surface area contributed by atoms with Gasteiger partial charge < -0.3 is 9.15 Å². The number of carbonyl (C=O) groups excluding carboxylic acids is 2. The highest BCUT2D eigenvalue weighted by molar-refractivity contribution is 5.85. The summed E-state index contributed by atoms with van der Waals surface area (Å²) in [5.41, 5.74) is 4.98. The van der Waals surface area contributed by atoms with Crippen LogP contribution in [0.25, 0.3) is 11.0 Å². The molecule has 0 saturated carbocycles. The van der Waals surface area contributed by atoms with Gasteiger partial charge in [0.2, 0.25) is 5.91 Å². The van der Waals surface area contributed by atoms with Gasteiger partial charge >= 0.3 is 5.63 Å². The molecule has 0 bridgehead atoms. The lowest BCUT2D eigenvalue weighted by molar-refractivity contribution is -0.385. The first-order valence-electron chi connectivity index (χ1n) is 8.81. The number of rotatable bonds is 6. The highest BCUT2D eigenvalue weighted by Crippen LogP contribution is 2.22. The Balaban J connectivity index is 1.53. The fraction of sp³-hybridized carbons (Fsp3) is 0.150. The Labute approximate surface area is 169 Å². The number of amides is 2. The van der Waals surface area contributed by atoms with Crippen molar-refractivity contribution in [2.45, 2.75) is 13.3 Å². The fourth-order valence-electron chi connectivity index (χ4n) is 2.78. The number of hydrazine groups is 1. The van der Waals surface area contributed by atoms with E-state index in [-0.39, 0.29) is 17.7 Å².